The van der Waals surface area contributed by atoms with E-state index in [1.165, 1.54) is 0 Å². The predicted molar refractivity (Wildman–Crippen MR) is 107 cm³/mol. The van der Waals surface area contributed by atoms with E-state index >= 15 is 0 Å². The van der Waals surface area contributed by atoms with Crippen LogP contribution in [0.5, 0.6) is 0 Å². The van der Waals surface area contributed by atoms with Gasteiger partial charge in [0.15, 0.2) is 0 Å². The van der Waals surface area contributed by atoms with Crippen molar-refractivity contribution in [2.24, 2.45) is 10.3 Å². The fourth-order valence-corrected chi connectivity index (χ4v) is 2.85. The zero-order valence-electron chi connectivity index (χ0n) is 17.2. The van der Waals surface area contributed by atoms with E-state index in [-0.39, 0.29) is 15.9 Å². The average molecular weight is 359 g/mol. The van der Waals surface area contributed by atoms with Crippen LogP contribution >= 0.6 is 11.9 Å². The summed E-state index contributed by atoms with van der Waals surface area (Å²) in [5.74, 6) is 0.622. The molecule has 1 aliphatic heterocycles. The highest BCUT2D eigenvalue weighted by Crippen LogP contribution is 2.33. The van der Waals surface area contributed by atoms with E-state index < -0.39 is 0 Å². The molecule has 0 aromatic rings. The van der Waals surface area contributed by atoms with Gasteiger partial charge in [-0.15, -0.1) is 0 Å². The SMILES string of the molecule is CC(C)(C)S/N=C/CCC1CN(C=O)C(C)(C)C1.COC(C)(C)C. The van der Waals surface area contributed by atoms with E-state index in [1.807, 2.05) is 31.9 Å². The molecule has 1 fully saturated rings. The minimum atomic E-state index is 0.0315. The van der Waals surface area contributed by atoms with Crippen molar-refractivity contribution >= 4 is 24.6 Å². The van der Waals surface area contributed by atoms with Gasteiger partial charge in [-0.1, -0.05) is 0 Å². The number of ether oxygens (including phenoxy) is 1. The van der Waals surface area contributed by atoms with Gasteiger partial charge >= 0.3 is 0 Å². The van der Waals surface area contributed by atoms with Crippen molar-refractivity contribution in [1.82, 2.24) is 4.90 Å². The molecule has 1 unspecified atom stereocenters. The lowest BCUT2D eigenvalue weighted by molar-refractivity contribution is -0.120. The molecular weight excluding hydrogens is 320 g/mol. The lowest BCUT2D eigenvalue weighted by Crippen LogP contribution is -2.36. The first-order valence-corrected chi connectivity index (χ1v) is 9.55. The Balaban J connectivity index is 0.000000754. The summed E-state index contributed by atoms with van der Waals surface area (Å²) < 4.78 is 9.52. The van der Waals surface area contributed by atoms with Crippen LogP contribution in [0.25, 0.3) is 0 Å². The van der Waals surface area contributed by atoms with Crippen molar-refractivity contribution in [1.29, 1.82) is 0 Å². The number of rotatable bonds is 5. The second kappa shape index (κ2) is 9.81. The fourth-order valence-electron chi connectivity index (χ4n) is 2.35. The molecule has 1 heterocycles. The number of amides is 1. The van der Waals surface area contributed by atoms with Gasteiger partial charge in [0.2, 0.25) is 6.41 Å². The van der Waals surface area contributed by atoms with Crippen LogP contribution in [0.15, 0.2) is 4.40 Å². The van der Waals surface area contributed by atoms with Crippen LogP contribution in [0.2, 0.25) is 0 Å². The van der Waals surface area contributed by atoms with Crippen molar-refractivity contribution in [3.63, 3.8) is 0 Å². The molecule has 0 bridgehead atoms. The summed E-state index contributed by atoms with van der Waals surface area (Å²) in [7, 11) is 1.71. The number of hydrogen-bond acceptors (Lipinski definition) is 4. The maximum atomic E-state index is 11.0. The zero-order chi connectivity index (χ0) is 19.0. The maximum Gasteiger partial charge on any atom is 0.210 e. The molecule has 0 aromatic carbocycles. The minimum Gasteiger partial charge on any atom is -0.379 e. The summed E-state index contributed by atoms with van der Waals surface area (Å²) in [5.41, 5.74) is 0.0731. The third-order valence-electron chi connectivity index (χ3n) is 3.87. The summed E-state index contributed by atoms with van der Waals surface area (Å²) in [6, 6.07) is 0. The molecule has 142 valence electrons. The van der Waals surface area contributed by atoms with Crippen LogP contribution in [0, 0.1) is 5.92 Å². The second-order valence-corrected chi connectivity index (χ2v) is 10.6. The Morgan fingerprint density at radius 1 is 1.25 bits per heavy atom. The Kier molecular flexibility index (Phi) is 9.58. The van der Waals surface area contributed by atoms with Crippen molar-refractivity contribution in [2.45, 2.75) is 90.5 Å². The molecule has 0 radical (unpaired) electrons. The third-order valence-corrected chi connectivity index (χ3v) is 4.67. The largest absolute Gasteiger partial charge is 0.379 e. The quantitative estimate of drug-likeness (QED) is 0.396. The summed E-state index contributed by atoms with van der Waals surface area (Å²) in [5, 5.41) is 0. The molecule has 1 amide bonds. The standard InChI is InChI=1S/C14H26N2OS.C5H12O/c1-13(2,3)18-15-8-6-7-12-9-14(4,5)16(10-12)11-17;1-5(2,3)6-4/h8,11-12H,6-7,9-10H2,1-5H3;1-4H3/b15-8+;. The number of methoxy groups -OCH3 is 1. The van der Waals surface area contributed by atoms with Gasteiger partial charge < -0.3 is 9.64 Å². The zero-order valence-corrected chi connectivity index (χ0v) is 18.0. The van der Waals surface area contributed by atoms with E-state index in [9.17, 15) is 4.79 Å². The molecule has 1 saturated heterocycles. The minimum absolute atomic E-state index is 0.0315. The van der Waals surface area contributed by atoms with Crippen molar-refractivity contribution < 1.29 is 9.53 Å². The molecule has 5 heteroatoms. The van der Waals surface area contributed by atoms with Crippen molar-refractivity contribution in [2.75, 3.05) is 13.7 Å². The smallest absolute Gasteiger partial charge is 0.210 e. The van der Waals surface area contributed by atoms with Crippen LogP contribution in [0.4, 0.5) is 0 Å². The number of likely N-dealkylation sites (tertiary alicyclic amines) is 1. The van der Waals surface area contributed by atoms with E-state index in [0.717, 1.165) is 32.2 Å². The predicted octanol–water partition coefficient (Wildman–Crippen LogP) is 4.97. The van der Waals surface area contributed by atoms with Crippen LogP contribution in [0.3, 0.4) is 0 Å². The average Bonchev–Trinajstić information content (AvgIpc) is 2.71. The molecule has 1 aliphatic rings. The maximum absolute atomic E-state index is 11.0. The molecule has 0 aliphatic carbocycles. The van der Waals surface area contributed by atoms with E-state index in [0.29, 0.717) is 5.92 Å². The topological polar surface area (TPSA) is 41.9 Å². The Morgan fingerprint density at radius 3 is 2.17 bits per heavy atom. The second-order valence-electron chi connectivity index (χ2n) is 9.03. The molecule has 1 atom stereocenters. The van der Waals surface area contributed by atoms with Crippen LogP contribution in [-0.2, 0) is 9.53 Å². The highest BCUT2D eigenvalue weighted by Gasteiger charge is 2.36. The van der Waals surface area contributed by atoms with Crippen LogP contribution < -0.4 is 0 Å². The van der Waals surface area contributed by atoms with Gasteiger partial charge in [0, 0.05) is 30.2 Å². The van der Waals surface area contributed by atoms with E-state index in [4.69, 9.17) is 4.74 Å². The van der Waals surface area contributed by atoms with Gasteiger partial charge in [-0.3, -0.25) is 4.79 Å². The summed E-state index contributed by atoms with van der Waals surface area (Å²) in [6.07, 6.45) is 6.25. The molecule has 0 spiro atoms. The molecule has 4 nitrogen and oxygen atoms in total. The number of hydrogen-bond donors (Lipinski definition) is 0. The van der Waals surface area contributed by atoms with Crippen LogP contribution in [-0.4, -0.2) is 47.1 Å². The first-order valence-electron chi connectivity index (χ1n) is 8.78. The molecule has 0 saturated carbocycles. The number of carbonyl (C=O) groups is 1. The molecule has 0 aromatic heterocycles. The van der Waals surface area contributed by atoms with Gasteiger partial charge in [-0.2, -0.15) is 0 Å². The van der Waals surface area contributed by atoms with Crippen molar-refractivity contribution in [3.8, 4) is 0 Å². The number of nitrogens with zero attached hydrogens (tertiary/aromatic N) is 2. The molecule has 0 N–H and O–H groups in total. The first kappa shape index (κ1) is 23.4. The Morgan fingerprint density at radius 2 is 1.79 bits per heavy atom. The Labute approximate surface area is 153 Å². The van der Waals surface area contributed by atoms with Gasteiger partial charge in [-0.05, 0) is 92.5 Å². The van der Waals surface area contributed by atoms with Gasteiger partial charge in [0.1, 0.15) is 0 Å². The highest BCUT2D eigenvalue weighted by atomic mass is 32.2. The highest BCUT2D eigenvalue weighted by molar-refractivity contribution is 7.99. The number of carbonyl (C=O) groups excluding carboxylic acids is 1. The first-order chi connectivity index (χ1) is 10.8. The lowest BCUT2D eigenvalue weighted by Gasteiger charge is -2.27. The molecule has 1 rings (SSSR count). The summed E-state index contributed by atoms with van der Waals surface area (Å²) >= 11 is 1.62. The summed E-state index contributed by atoms with van der Waals surface area (Å²) in [4.78, 5) is 12.9. The van der Waals surface area contributed by atoms with Crippen molar-refractivity contribution in [3.05, 3.63) is 0 Å². The fraction of sp³-hybridized carbons (Fsp3) is 0.895. The Bertz CT molecular complexity index is 395. The lowest BCUT2D eigenvalue weighted by atomic mass is 9.94. The van der Waals surface area contributed by atoms with Gasteiger partial charge in [0.05, 0.1) is 5.60 Å². The summed E-state index contributed by atoms with van der Waals surface area (Å²) in [6.45, 7) is 17.7. The van der Waals surface area contributed by atoms with E-state index in [1.54, 1.807) is 19.1 Å². The monoisotopic (exact) mass is 358 g/mol. The third kappa shape index (κ3) is 11.1. The normalized spacial score (nSPS) is 20.9. The van der Waals surface area contributed by atoms with E-state index in [2.05, 4.69) is 39.0 Å². The molecular formula is C19H38N2O2S. The van der Waals surface area contributed by atoms with Crippen LogP contribution in [0.1, 0.15) is 74.7 Å². The van der Waals surface area contributed by atoms with Gasteiger partial charge in [-0.25, -0.2) is 4.40 Å². The Hall–Kier alpha value is -0.550. The molecule has 24 heavy (non-hydrogen) atoms. The van der Waals surface area contributed by atoms with Gasteiger partial charge in [0.25, 0.3) is 0 Å².